The number of amides is 2. The maximum absolute atomic E-state index is 13.4. The lowest BCUT2D eigenvalue weighted by Gasteiger charge is -2.50. The number of benzene rings is 2. The highest BCUT2D eigenvalue weighted by Gasteiger charge is 2.43. The van der Waals surface area contributed by atoms with Crippen LogP contribution in [0.25, 0.3) is 0 Å². The Balaban J connectivity index is 1.14. The number of thioether (sulfide) groups is 1. The minimum atomic E-state index is -0.0362. The number of allylic oxidation sites excluding steroid dienone is 1. The molecule has 3 aliphatic rings. The number of rotatable bonds is 9. The first-order valence-electron chi connectivity index (χ1n) is 13.3. The number of halogens is 1. The number of nitrogens with zero attached hydrogens (tertiary/aromatic N) is 3. The van der Waals surface area contributed by atoms with Crippen LogP contribution in [0.2, 0.25) is 5.02 Å². The zero-order valence-electron chi connectivity index (χ0n) is 22.5. The van der Waals surface area contributed by atoms with E-state index in [9.17, 15) is 9.59 Å². The van der Waals surface area contributed by atoms with Gasteiger partial charge in [-0.1, -0.05) is 17.7 Å². The third kappa shape index (κ3) is 5.85. The van der Waals surface area contributed by atoms with Crippen LogP contribution < -0.4 is 19.7 Å². The molecular weight excluding hydrogens is 536 g/mol. The van der Waals surface area contributed by atoms with Crippen LogP contribution >= 0.6 is 23.4 Å². The van der Waals surface area contributed by atoms with Gasteiger partial charge in [0, 0.05) is 61.0 Å². The van der Waals surface area contributed by atoms with Gasteiger partial charge in [0.25, 0.3) is 5.91 Å². The molecule has 0 aliphatic carbocycles. The number of carbonyl (C=O) groups is 2. The molecule has 208 valence electrons. The van der Waals surface area contributed by atoms with Crippen LogP contribution in [0.3, 0.4) is 0 Å². The van der Waals surface area contributed by atoms with E-state index >= 15 is 0 Å². The molecule has 1 N–H and O–H groups in total. The third-order valence-corrected chi connectivity index (χ3v) is 9.32. The molecule has 3 heterocycles. The molecule has 3 aliphatic heterocycles. The first-order valence-corrected chi connectivity index (χ1v) is 14.6. The number of carbonyl (C=O) groups excluding carboxylic acids is 2. The lowest BCUT2D eigenvalue weighted by molar-refractivity contribution is -0.136. The molecule has 0 radical (unpaired) electrons. The van der Waals surface area contributed by atoms with E-state index < -0.39 is 0 Å². The Labute approximate surface area is 239 Å². The quantitative estimate of drug-likeness (QED) is 0.356. The fraction of sp³-hybridized carbons (Fsp3) is 0.448. The van der Waals surface area contributed by atoms with Crippen LogP contribution in [0.15, 0.2) is 53.9 Å². The van der Waals surface area contributed by atoms with Gasteiger partial charge < -0.3 is 29.5 Å². The number of fused-ring (bicyclic) bond motifs is 1. The number of nitrogens with one attached hydrogen (secondary N) is 1. The van der Waals surface area contributed by atoms with Crippen molar-refractivity contribution >= 4 is 40.9 Å². The Kier molecular flexibility index (Phi) is 8.30. The Morgan fingerprint density at radius 2 is 1.97 bits per heavy atom. The van der Waals surface area contributed by atoms with Gasteiger partial charge in [0.05, 0.1) is 16.3 Å². The standard InChI is InChI=1S/C29H35ClN4O4S/c1-4-5-10-29(31-3)17-33(18-29)27(35)16-39-26-9-6-21(13-23(26)30)28(36)34-12-11-32(15-20(34)2)22-7-8-24-25(14-22)38-19-37-24/h4,6-9,13-14,20,31H,1,5,10-12,15-19H2,2-3H3/t20-/m1/s1. The minimum absolute atomic E-state index is 0.0126. The second-order valence-corrected chi connectivity index (χ2v) is 11.8. The van der Waals surface area contributed by atoms with Crippen molar-refractivity contribution in [2.24, 2.45) is 0 Å². The van der Waals surface area contributed by atoms with E-state index in [1.165, 1.54) is 11.8 Å². The number of hydrogen-bond acceptors (Lipinski definition) is 7. The van der Waals surface area contributed by atoms with E-state index in [1.807, 2.05) is 53.3 Å². The monoisotopic (exact) mass is 570 g/mol. The summed E-state index contributed by atoms with van der Waals surface area (Å²) in [5, 5.41) is 3.86. The molecule has 1 atom stereocenters. The number of hydrogen-bond donors (Lipinski definition) is 1. The van der Waals surface area contributed by atoms with Crippen molar-refractivity contribution in [1.29, 1.82) is 0 Å². The van der Waals surface area contributed by atoms with Crippen LogP contribution in [0.4, 0.5) is 5.69 Å². The SMILES string of the molecule is C=CCCC1(NC)CN(C(=O)CSc2ccc(C(=O)N3CCN(c4ccc5c(c4)OCO5)C[C@H]3C)cc2Cl)C1. The highest BCUT2D eigenvalue weighted by molar-refractivity contribution is 8.00. The number of anilines is 1. The summed E-state index contributed by atoms with van der Waals surface area (Å²) >= 11 is 7.98. The molecule has 0 aromatic heterocycles. The maximum atomic E-state index is 13.4. The first kappa shape index (κ1) is 27.7. The van der Waals surface area contributed by atoms with Gasteiger partial charge in [0.15, 0.2) is 11.5 Å². The summed E-state index contributed by atoms with van der Waals surface area (Å²) in [4.78, 5) is 32.9. The fourth-order valence-corrected chi connectivity index (χ4v) is 6.57. The van der Waals surface area contributed by atoms with E-state index in [-0.39, 0.29) is 30.2 Å². The van der Waals surface area contributed by atoms with Crippen LogP contribution in [-0.2, 0) is 4.79 Å². The molecule has 8 nitrogen and oxygen atoms in total. The zero-order valence-corrected chi connectivity index (χ0v) is 24.0. The molecule has 10 heteroatoms. The van der Waals surface area contributed by atoms with Gasteiger partial charge in [0.2, 0.25) is 12.7 Å². The van der Waals surface area contributed by atoms with Gasteiger partial charge in [-0.2, -0.15) is 0 Å². The Morgan fingerprint density at radius 1 is 1.18 bits per heavy atom. The van der Waals surface area contributed by atoms with Gasteiger partial charge in [-0.3, -0.25) is 9.59 Å². The summed E-state index contributed by atoms with van der Waals surface area (Å²) < 4.78 is 10.9. The van der Waals surface area contributed by atoms with E-state index in [0.29, 0.717) is 42.5 Å². The molecule has 0 spiro atoms. The average Bonchev–Trinajstić information content (AvgIpc) is 3.39. The highest BCUT2D eigenvalue weighted by atomic mass is 35.5. The molecule has 2 amide bonds. The van der Waals surface area contributed by atoms with Gasteiger partial charge >= 0.3 is 0 Å². The Bertz CT molecular complexity index is 1250. The average molecular weight is 571 g/mol. The molecule has 2 saturated heterocycles. The summed E-state index contributed by atoms with van der Waals surface area (Å²) in [5.41, 5.74) is 1.60. The van der Waals surface area contributed by atoms with E-state index in [1.54, 1.807) is 6.07 Å². The van der Waals surface area contributed by atoms with Gasteiger partial charge in [-0.15, -0.1) is 18.3 Å². The number of ether oxygens (including phenoxy) is 2. The molecule has 0 bridgehead atoms. The van der Waals surface area contributed by atoms with Crippen molar-refractivity contribution in [1.82, 2.24) is 15.1 Å². The van der Waals surface area contributed by atoms with Crippen molar-refractivity contribution in [2.75, 3.05) is 57.2 Å². The van der Waals surface area contributed by atoms with Gasteiger partial charge in [-0.05, 0) is 57.1 Å². The largest absolute Gasteiger partial charge is 0.454 e. The van der Waals surface area contributed by atoms with Crippen molar-refractivity contribution < 1.29 is 19.1 Å². The predicted molar refractivity (Wildman–Crippen MR) is 155 cm³/mol. The van der Waals surface area contributed by atoms with Crippen molar-refractivity contribution in [3.8, 4) is 11.5 Å². The predicted octanol–water partition coefficient (Wildman–Crippen LogP) is 4.28. The molecule has 2 fully saturated rings. The molecule has 39 heavy (non-hydrogen) atoms. The lowest BCUT2D eigenvalue weighted by atomic mass is 9.85. The van der Waals surface area contributed by atoms with Gasteiger partial charge in [-0.25, -0.2) is 0 Å². The molecule has 2 aromatic carbocycles. The summed E-state index contributed by atoms with van der Waals surface area (Å²) in [5.74, 6) is 1.89. The van der Waals surface area contributed by atoms with Crippen LogP contribution in [0, 0.1) is 0 Å². The fourth-order valence-electron chi connectivity index (χ4n) is 5.40. The number of likely N-dealkylation sites (N-methyl/N-ethyl adjacent to an activating group) is 1. The number of piperazine rings is 1. The zero-order chi connectivity index (χ0) is 27.6. The highest BCUT2D eigenvalue weighted by Crippen LogP contribution is 2.36. The summed E-state index contributed by atoms with van der Waals surface area (Å²) in [6.07, 6.45) is 3.81. The van der Waals surface area contributed by atoms with E-state index in [4.69, 9.17) is 21.1 Å². The summed E-state index contributed by atoms with van der Waals surface area (Å²) in [7, 11) is 1.95. The van der Waals surface area contributed by atoms with Crippen molar-refractivity contribution in [3.05, 3.63) is 59.6 Å². The Hall–Kier alpha value is -2.88. The van der Waals surface area contributed by atoms with Crippen molar-refractivity contribution in [3.63, 3.8) is 0 Å². The Morgan fingerprint density at radius 3 is 2.69 bits per heavy atom. The number of likely N-dealkylation sites (tertiary alicyclic amines) is 1. The molecular formula is C29H35ClN4O4S. The van der Waals surface area contributed by atoms with Crippen LogP contribution in [-0.4, -0.2) is 85.5 Å². The van der Waals surface area contributed by atoms with Gasteiger partial charge in [0.1, 0.15) is 0 Å². The maximum Gasteiger partial charge on any atom is 0.254 e. The second kappa shape index (κ2) is 11.7. The van der Waals surface area contributed by atoms with Crippen LogP contribution in [0.1, 0.15) is 30.1 Å². The molecule has 0 saturated carbocycles. The van der Waals surface area contributed by atoms with E-state index in [2.05, 4.69) is 23.7 Å². The second-order valence-electron chi connectivity index (χ2n) is 10.4. The lowest BCUT2D eigenvalue weighted by Crippen LogP contribution is -2.69. The minimum Gasteiger partial charge on any atom is -0.454 e. The smallest absolute Gasteiger partial charge is 0.254 e. The molecule has 0 unspecified atom stereocenters. The topological polar surface area (TPSA) is 74.4 Å². The molecule has 5 rings (SSSR count). The van der Waals surface area contributed by atoms with Crippen molar-refractivity contribution in [2.45, 2.75) is 36.2 Å². The molecule has 2 aromatic rings. The third-order valence-electron chi connectivity index (χ3n) is 7.84. The van der Waals surface area contributed by atoms with Crippen LogP contribution in [0.5, 0.6) is 11.5 Å². The summed E-state index contributed by atoms with van der Waals surface area (Å²) in [6.45, 7) is 9.56. The first-order chi connectivity index (χ1) is 18.8. The summed E-state index contributed by atoms with van der Waals surface area (Å²) in [6, 6.07) is 11.4. The normalized spacial score (nSPS) is 19.6. The van der Waals surface area contributed by atoms with E-state index in [0.717, 1.165) is 41.5 Å².